The Hall–Kier alpha value is -5.83. The van der Waals surface area contributed by atoms with Crippen LogP contribution in [0.1, 0.15) is 85.5 Å². The Morgan fingerprint density at radius 2 is 1.28 bits per heavy atom. The number of nitrogens with zero attached hydrogens (tertiary/aromatic N) is 5. The Bertz CT molecular complexity index is 2150. The average molecular weight is 837 g/mol. The third-order valence-corrected chi connectivity index (χ3v) is 11.2. The second-order valence-corrected chi connectivity index (χ2v) is 17.0. The summed E-state index contributed by atoms with van der Waals surface area (Å²) in [5.41, 5.74) is 5.31. The van der Waals surface area contributed by atoms with Gasteiger partial charge < -0.3 is 38.8 Å². The summed E-state index contributed by atoms with van der Waals surface area (Å²) < 4.78 is 29.9. The number of methoxy groups -OCH3 is 2. The maximum atomic E-state index is 13.6. The number of nitrogens with one attached hydrogen (secondary N) is 1. The molecule has 60 heavy (non-hydrogen) atoms. The maximum Gasteiger partial charge on any atom is 0.257 e. The normalized spacial score (nSPS) is 19.4. The molecule has 2 saturated heterocycles. The Morgan fingerprint density at radius 1 is 0.783 bits per heavy atom. The fourth-order valence-electron chi connectivity index (χ4n) is 7.55. The second kappa shape index (κ2) is 18.2. The molecule has 4 aliphatic rings. The SMILES string of the molecule is C/C=C1\CC2C=Nc3cc(OCc4cc(OCCNC(=O)CCC(C)(C)S)cc(COc5cc6c(cc5OC)C(=O)N5C/C(=C/C)C[C@H]5C=N6)n4)c(OC)cc3C(=O)N2C1. The second-order valence-electron chi connectivity index (χ2n) is 15.8. The van der Waals surface area contributed by atoms with E-state index < -0.39 is 0 Å². The fraction of sp³-hybridized carbons (Fsp3) is 0.422. The van der Waals surface area contributed by atoms with Gasteiger partial charge in [0.15, 0.2) is 23.0 Å². The highest BCUT2D eigenvalue weighted by Crippen LogP contribution is 2.41. The summed E-state index contributed by atoms with van der Waals surface area (Å²) in [4.78, 5) is 57.6. The lowest BCUT2D eigenvalue weighted by molar-refractivity contribution is -0.121. The number of aromatic nitrogens is 1. The van der Waals surface area contributed by atoms with Crippen LogP contribution >= 0.6 is 12.6 Å². The number of pyridine rings is 1. The molecule has 15 heteroatoms. The van der Waals surface area contributed by atoms with Gasteiger partial charge in [-0.25, -0.2) is 0 Å². The van der Waals surface area contributed by atoms with Crippen molar-refractivity contribution in [3.05, 3.63) is 82.2 Å². The first kappa shape index (κ1) is 42.3. The molecular formula is C45H52N6O8S. The van der Waals surface area contributed by atoms with Gasteiger partial charge in [0, 0.05) is 61.0 Å². The lowest BCUT2D eigenvalue weighted by Crippen LogP contribution is -2.35. The van der Waals surface area contributed by atoms with Crippen LogP contribution in [-0.2, 0) is 18.0 Å². The van der Waals surface area contributed by atoms with Crippen LogP contribution in [0.2, 0.25) is 0 Å². The molecule has 1 unspecified atom stereocenters. The van der Waals surface area contributed by atoms with Crippen LogP contribution in [0.5, 0.6) is 28.7 Å². The van der Waals surface area contributed by atoms with Gasteiger partial charge in [-0.1, -0.05) is 37.1 Å². The number of thiol groups is 1. The summed E-state index contributed by atoms with van der Waals surface area (Å²) >= 11 is 4.51. The minimum absolute atomic E-state index is 0.0122. The van der Waals surface area contributed by atoms with Gasteiger partial charge in [0.05, 0.1) is 66.7 Å². The molecule has 7 rings (SSSR count). The van der Waals surface area contributed by atoms with Gasteiger partial charge in [-0.05, 0) is 45.2 Å². The van der Waals surface area contributed by atoms with Gasteiger partial charge in [0.1, 0.15) is 25.6 Å². The highest BCUT2D eigenvalue weighted by molar-refractivity contribution is 7.81. The van der Waals surface area contributed by atoms with Crippen molar-refractivity contribution in [3.8, 4) is 28.7 Å². The number of benzene rings is 2. The molecule has 3 amide bonds. The van der Waals surface area contributed by atoms with E-state index in [1.165, 1.54) is 25.4 Å². The van der Waals surface area contributed by atoms with Crippen LogP contribution in [0.25, 0.3) is 0 Å². The van der Waals surface area contributed by atoms with Gasteiger partial charge in [-0.3, -0.25) is 29.4 Å². The number of aliphatic imine (C=N–C) groups is 2. The summed E-state index contributed by atoms with van der Waals surface area (Å²) in [5, 5.41) is 2.90. The van der Waals surface area contributed by atoms with Crippen molar-refractivity contribution in [2.75, 3.05) is 40.5 Å². The van der Waals surface area contributed by atoms with Crippen molar-refractivity contribution in [1.29, 1.82) is 0 Å². The van der Waals surface area contributed by atoms with E-state index in [1.807, 2.05) is 49.9 Å². The number of rotatable bonds is 15. The van der Waals surface area contributed by atoms with Crippen LogP contribution in [0.4, 0.5) is 11.4 Å². The largest absolute Gasteiger partial charge is 0.493 e. The molecule has 2 aromatic carbocycles. The van der Waals surface area contributed by atoms with Gasteiger partial charge in [-0.2, -0.15) is 12.6 Å². The number of fused-ring (bicyclic) bond motifs is 4. The van der Waals surface area contributed by atoms with Crippen LogP contribution in [0, 0.1) is 0 Å². The first-order valence-electron chi connectivity index (χ1n) is 20.2. The molecule has 1 N–H and O–H groups in total. The molecule has 14 nitrogen and oxygen atoms in total. The number of amides is 3. The first-order chi connectivity index (χ1) is 28.9. The highest BCUT2D eigenvalue weighted by Gasteiger charge is 2.36. The number of ether oxygens (including phenoxy) is 5. The van der Waals surface area contributed by atoms with Gasteiger partial charge >= 0.3 is 0 Å². The molecule has 1 aromatic heterocycles. The third kappa shape index (κ3) is 9.62. The van der Waals surface area contributed by atoms with E-state index in [-0.39, 0.29) is 54.4 Å². The Balaban J connectivity index is 1.10. The monoisotopic (exact) mass is 836 g/mol. The molecule has 316 valence electrons. The fourth-order valence-corrected chi connectivity index (χ4v) is 7.66. The van der Waals surface area contributed by atoms with Crippen molar-refractivity contribution in [2.45, 2.75) is 83.4 Å². The molecule has 0 bridgehead atoms. The number of hydrogen-bond donors (Lipinski definition) is 2. The van der Waals surface area contributed by atoms with E-state index in [1.54, 1.807) is 36.4 Å². The quantitative estimate of drug-likeness (QED) is 0.0937. The van der Waals surface area contributed by atoms with E-state index in [2.05, 4.69) is 30.1 Å². The number of hydrogen-bond acceptors (Lipinski definition) is 12. The zero-order valence-corrected chi connectivity index (χ0v) is 35.8. The summed E-state index contributed by atoms with van der Waals surface area (Å²) in [6.07, 6.45) is 10.2. The van der Waals surface area contributed by atoms with Crippen LogP contribution in [-0.4, -0.2) is 102 Å². The predicted octanol–water partition coefficient (Wildman–Crippen LogP) is 6.99. The van der Waals surface area contributed by atoms with Crippen LogP contribution in [0.15, 0.2) is 69.7 Å². The predicted molar refractivity (Wildman–Crippen MR) is 232 cm³/mol. The Kier molecular flexibility index (Phi) is 12.8. The van der Waals surface area contributed by atoms with Gasteiger partial charge in [0.25, 0.3) is 11.8 Å². The minimum Gasteiger partial charge on any atom is -0.493 e. The zero-order chi connectivity index (χ0) is 42.6. The molecule has 2 atom stereocenters. The molecule has 3 aromatic rings. The molecular weight excluding hydrogens is 785 g/mol. The number of allylic oxidation sites excluding steroid dienone is 2. The maximum absolute atomic E-state index is 13.6. The summed E-state index contributed by atoms with van der Waals surface area (Å²) in [6.45, 7) is 9.56. The van der Waals surface area contributed by atoms with Crippen LogP contribution < -0.4 is 29.0 Å². The van der Waals surface area contributed by atoms with Crippen molar-refractivity contribution < 1.29 is 38.1 Å². The first-order valence-corrected chi connectivity index (χ1v) is 20.6. The van der Waals surface area contributed by atoms with Crippen molar-refractivity contribution in [1.82, 2.24) is 20.1 Å². The lowest BCUT2D eigenvalue weighted by Gasteiger charge is -2.20. The third-order valence-electron chi connectivity index (χ3n) is 10.9. The molecule has 0 aliphatic carbocycles. The van der Waals surface area contributed by atoms with Crippen LogP contribution in [0.3, 0.4) is 0 Å². The highest BCUT2D eigenvalue weighted by atomic mass is 32.1. The Labute approximate surface area is 356 Å². The molecule has 4 aliphatic heterocycles. The van der Waals surface area contributed by atoms with Crippen molar-refractivity contribution >= 4 is 54.2 Å². The summed E-state index contributed by atoms with van der Waals surface area (Å²) in [6, 6.07) is 10.1. The number of carbonyl (C=O) groups is 3. The molecule has 0 saturated carbocycles. The van der Waals surface area contributed by atoms with E-state index >= 15 is 0 Å². The molecule has 0 spiro atoms. The summed E-state index contributed by atoms with van der Waals surface area (Å²) in [5.74, 6) is 1.74. The van der Waals surface area contributed by atoms with E-state index in [4.69, 9.17) is 38.7 Å². The minimum atomic E-state index is -0.246. The molecule has 2 fully saturated rings. The van der Waals surface area contributed by atoms with Gasteiger partial charge in [0.2, 0.25) is 5.91 Å². The van der Waals surface area contributed by atoms with Gasteiger partial charge in [-0.15, -0.1) is 0 Å². The van der Waals surface area contributed by atoms with Crippen molar-refractivity contribution in [3.63, 3.8) is 0 Å². The number of carbonyl (C=O) groups excluding carboxylic acids is 3. The van der Waals surface area contributed by atoms with E-state index in [0.717, 1.165) is 12.8 Å². The summed E-state index contributed by atoms with van der Waals surface area (Å²) in [7, 11) is 3.05. The van der Waals surface area contributed by atoms with Crippen molar-refractivity contribution in [2.24, 2.45) is 9.98 Å². The molecule has 5 heterocycles. The van der Waals surface area contributed by atoms with E-state index in [0.29, 0.717) is 95.1 Å². The Morgan fingerprint density at radius 3 is 1.73 bits per heavy atom. The van der Waals surface area contributed by atoms with E-state index in [9.17, 15) is 14.4 Å². The zero-order valence-electron chi connectivity index (χ0n) is 34.9. The topological polar surface area (TPSA) is 153 Å². The smallest absolute Gasteiger partial charge is 0.257 e. The lowest BCUT2D eigenvalue weighted by atomic mass is 10.1. The standard InChI is InChI=1S/C45H52N6O8S/c1-7-27-13-31-21-47-36-19-40(38(55-5)17-34(36)43(53)50(31)23-27)58-25-29-15-33(57-12-11-46-42(52)9-10-45(3,4)60)16-30(49-29)26-59-41-20-37-35(18-39(41)56-6)44(54)51-24-28(8-2)14-32(51)22-48-37/h7-8,15-22,31-32,60H,9-14,23-26H2,1-6H3,(H,46,52)/b27-7+,28-8+/t31-,32?/m0/s1. The molecule has 0 radical (unpaired) electrons. The average Bonchev–Trinajstić information content (AvgIpc) is 3.81.